The van der Waals surface area contributed by atoms with Crippen LogP contribution in [-0.4, -0.2) is 30.9 Å². The number of carbonyl (C=O) groups excluding carboxylic acids is 1. The van der Waals surface area contributed by atoms with E-state index in [0.29, 0.717) is 33.7 Å². The number of thioether (sulfide) groups is 1. The molecule has 180 valence electrons. The van der Waals surface area contributed by atoms with Crippen LogP contribution in [0, 0.1) is 12.7 Å². The molecule has 2 heterocycles. The zero-order valence-electron chi connectivity index (χ0n) is 17.8. The summed E-state index contributed by atoms with van der Waals surface area (Å²) in [6, 6.07) is 8.99. The van der Waals surface area contributed by atoms with Gasteiger partial charge in [0, 0.05) is 28.9 Å². The number of halogens is 5. The van der Waals surface area contributed by atoms with Gasteiger partial charge in [0.2, 0.25) is 0 Å². The Kier molecular flexibility index (Phi) is 7.03. The highest BCUT2D eigenvalue weighted by Crippen LogP contribution is 2.33. The van der Waals surface area contributed by atoms with E-state index in [2.05, 4.69) is 25.6 Å². The van der Waals surface area contributed by atoms with E-state index in [9.17, 15) is 22.4 Å². The maximum Gasteiger partial charge on any atom is 0.419 e. The van der Waals surface area contributed by atoms with Crippen molar-refractivity contribution in [1.82, 2.24) is 25.0 Å². The van der Waals surface area contributed by atoms with Gasteiger partial charge in [-0.3, -0.25) is 4.79 Å². The van der Waals surface area contributed by atoms with Crippen molar-refractivity contribution >= 4 is 35.0 Å². The Morgan fingerprint density at radius 3 is 2.57 bits per heavy atom. The number of amides is 1. The number of rotatable bonds is 6. The molecule has 0 unspecified atom stereocenters. The topological polar surface area (TPSA) is 85.6 Å². The quantitative estimate of drug-likeness (QED) is 0.198. The maximum atomic E-state index is 13.6. The Morgan fingerprint density at radius 1 is 1.14 bits per heavy atom. The van der Waals surface area contributed by atoms with Crippen molar-refractivity contribution in [3.05, 3.63) is 88.2 Å². The number of hydrogen-bond donors (Lipinski definition) is 1. The molecule has 0 spiro atoms. The van der Waals surface area contributed by atoms with E-state index >= 15 is 0 Å². The van der Waals surface area contributed by atoms with E-state index in [-0.39, 0.29) is 17.1 Å². The van der Waals surface area contributed by atoms with E-state index in [4.69, 9.17) is 11.6 Å². The van der Waals surface area contributed by atoms with Gasteiger partial charge in [-0.15, -0.1) is 5.10 Å². The third-order valence-corrected chi connectivity index (χ3v) is 6.08. The van der Waals surface area contributed by atoms with Crippen molar-refractivity contribution in [3.8, 4) is 5.69 Å². The highest BCUT2D eigenvalue weighted by molar-refractivity contribution is 7.98. The Labute approximate surface area is 205 Å². The second kappa shape index (κ2) is 10.0. The summed E-state index contributed by atoms with van der Waals surface area (Å²) in [6.45, 7) is 1.83. The van der Waals surface area contributed by atoms with Crippen molar-refractivity contribution < 1.29 is 22.4 Å². The number of carbonyl (C=O) groups is 1. The molecule has 7 nitrogen and oxygen atoms in total. The molecular formula is C22H15ClF4N6OS. The van der Waals surface area contributed by atoms with Gasteiger partial charge in [0.15, 0.2) is 10.9 Å². The lowest BCUT2D eigenvalue weighted by molar-refractivity contribution is -0.139. The molecule has 0 saturated carbocycles. The van der Waals surface area contributed by atoms with Crippen molar-refractivity contribution in [2.75, 3.05) is 5.32 Å². The normalized spacial score (nSPS) is 11.5. The van der Waals surface area contributed by atoms with Gasteiger partial charge >= 0.3 is 6.18 Å². The third-order valence-electron chi connectivity index (χ3n) is 4.79. The Bertz CT molecular complexity index is 1380. The molecule has 35 heavy (non-hydrogen) atoms. The van der Waals surface area contributed by atoms with Crippen LogP contribution in [0.3, 0.4) is 0 Å². The van der Waals surface area contributed by atoms with Crippen LogP contribution in [0.2, 0.25) is 5.02 Å². The van der Waals surface area contributed by atoms with Crippen molar-refractivity contribution in [1.29, 1.82) is 0 Å². The van der Waals surface area contributed by atoms with Gasteiger partial charge in [0.25, 0.3) is 5.91 Å². The minimum absolute atomic E-state index is 0.136. The molecule has 1 amide bonds. The number of anilines is 1. The predicted octanol–water partition coefficient (Wildman–Crippen LogP) is 5.72. The lowest BCUT2D eigenvalue weighted by Gasteiger charge is -2.11. The lowest BCUT2D eigenvalue weighted by atomic mass is 10.1. The molecule has 13 heteroatoms. The highest BCUT2D eigenvalue weighted by Gasteiger charge is 2.34. The molecule has 0 saturated heterocycles. The van der Waals surface area contributed by atoms with Crippen LogP contribution >= 0.6 is 23.4 Å². The van der Waals surface area contributed by atoms with E-state index in [0.717, 1.165) is 11.6 Å². The average molecular weight is 523 g/mol. The molecule has 1 N–H and O–H groups in total. The average Bonchev–Trinajstić information content (AvgIpc) is 3.25. The zero-order valence-corrected chi connectivity index (χ0v) is 19.4. The maximum absolute atomic E-state index is 13.6. The standard InChI is InChI=1S/C22H15ClF4N6OS/c1-12-3-5-14(10-16(12)23)33-18(11-35-21-28-7-2-8-29-21)19(31-32-33)20(34)30-13-4-6-17(24)15(9-13)22(25,26)27/h2-10H,11H2,1H3,(H,30,34). The van der Waals surface area contributed by atoms with Gasteiger partial charge in [-0.05, 0) is 48.9 Å². The molecule has 0 aliphatic heterocycles. The summed E-state index contributed by atoms with van der Waals surface area (Å²) in [5, 5.41) is 11.2. The molecule has 2 aromatic heterocycles. The number of hydrogen-bond acceptors (Lipinski definition) is 6. The number of benzene rings is 2. The van der Waals surface area contributed by atoms with Crippen molar-refractivity contribution in [2.45, 2.75) is 24.0 Å². The van der Waals surface area contributed by atoms with Crippen LogP contribution in [-0.2, 0) is 11.9 Å². The molecule has 4 rings (SSSR count). The van der Waals surface area contributed by atoms with E-state index in [1.807, 2.05) is 6.92 Å². The van der Waals surface area contributed by atoms with Gasteiger partial charge < -0.3 is 5.32 Å². The van der Waals surface area contributed by atoms with Crippen LogP contribution < -0.4 is 5.32 Å². The first-order valence-electron chi connectivity index (χ1n) is 9.92. The molecule has 0 aliphatic rings. The molecule has 4 aromatic rings. The van der Waals surface area contributed by atoms with Crippen molar-refractivity contribution in [3.63, 3.8) is 0 Å². The molecule has 2 aromatic carbocycles. The fraction of sp³-hybridized carbons (Fsp3) is 0.136. The Hall–Kier alpha value is -3.51. The number of alkyl halides is 3. The van der Waals surface area contributed by atoms with Gasteiger partial charge in [-0.2, -0.15) is 13.2 Å². The van der Waals surface area contributed by atoms with Gasteiger partial charge in [0.05, 0.1) is 16.9 Å². The van der Waals surface area contributed by atoms with E-state index < -0.39 is 23.5 Å². The smallest absolute Gasteiger partial charge is 0.321 e. The first-order chi connectivity index (χ1) is 16.6. The molecule has 0 atom stereocenters. The summed E-state index contributed by atoms with van der Waals surface area (Å²) in [7, 11) is 0. The van der Waals surface area contributed by atoms with Crippen LogP contribution in [0.1, 0.15) is 27.3 Å². The molecular weight excluding hydrogens is 508 g/mol. The van der Waals surface area contributed by atoms with Crippen LogP contribution in [0.4, 0.5) is 23.2 Å². The zero-order chi connectivity index (χ0) is 25.2. The molecule has 0 radical (unpaired) electrons. The fourth-order valence-corrected chi connectivity index (χ4v) is 4.00. The van der Waals surface area contributed by atoms with Crippen molar-refractivity contribution in [2.24, 2.45) is 0 Å². The molecule has 0 fully saturated rings. The minimum Gasteiger partial charge on any atom is -0.321 e. The SMILES string of the molecule is Cc1ccc(-n2nnc(C(=O)Nc3ccc(F)c(C(F)(F)F)c3)c2CSc2ncccn2)cc1Cl. The predicted molar refractivity (Wildman–Crippen MR) is 122 cm³/mol. The van der Waals surface area contributed by atoms with Gasteiger partial charge in [0.1, 0.15) is 5.82 Å². The van der Waals surface area contributed by atoms with Crippen LogP contribution in [0.25, 0.3) is 5.69 Å². The Morgan fingerprint density at radius 2 is 1.89 bits per heavy atom. The number of nitrogens with one attached hydrogen (secondary N) is 1. The second-order valence-electron chi connectivity index (χ2n) is 7.20. The molecule has 0 bridgehead atoms. The number of aryl methyl sites for hydroxylation is 1. The van der Waals surface area contributed by atoms with Gasteiger partial charge in [-0.1, -0.05) is 34.6 Å². The van der Waals surface area contributed by atoms with Crippen LogP contribution in [0.5, 0.6) is 0 Å². The first-order valence-corrected chi connectivity index (χ1v) is 11.3. The first kappa shape index (κ1) is 24.6. The highest BCUT2D eigenvalue weighted by atomic mass is 35.5. The lowest BCUT2D eigenvalue weighted by Crippen LogP contribution is -2.16. The van der Waals surface area contributed by atoms with Crippen LogP contribution in [0.15, 0.2) is 60.0 Å². The molecule has 0 aliphatic carbocycles. The third kappa shape index (κ3) is 5.60. The Balaban J connectivity index is 1.69. The van der Waals surface area contributed by atoms with Gasteiger partial charge in [-0.25, -0.2) is 19.0 Å². The second-order valence-corrected chi connectivity index (χ2v) is 8.55. The summed E-state index contributed by atoms with van der Waals surface area (Å²) in [6.07, 6.45) is -1.80. The number of aromatic nitrogens is 5. The summed E-state index contributed by atoms with van der Waals surface area (Å²) in [4.78, 5) is 21.2. The number of nitrogens with zero attached hydrogens (tertiary/aromatic N) is 5. The summed E-state index contributed by atoms with van der Waals surface area (Å²) in [5.41, 5.74) is -0.190. The largest absolute Gasteiger partial charge is 0.419 e. The monoisotopic (exact) mass is 522 g/mol. The summed E-state index contributed by atoms with van der Waals surface area (Å²) >= 11 is 7.45. The minimum atomic E-state index is -4.92. The fourth-order valence-electron chi connectivity index (χ4n) is 3.03. The summed E-state index contributed by atoms with van der Waals surface area (Å²) in [5.74, 6) is -2.11. The summed E-state index contributed by atoms with van der Waals surface area (Å²) < 4.78 is 54.2. The van der Waals surface area contributed by atoms with E-state index in [1.165, 1.54) is 16.4 Å². The van der Waals surface area contributed by atoms with E-state index in [1.54, 1.807) is 36.7 Å².